The molecule has 1 aliphatic heterocycles. The van der Waals surface area contributed by atoms with Gasteiger partial charge in [0, 0.05) is 0 Å². The summed E-state index contributed by atoms with van der Waals surface area (Å²) in [7, 11) is -3.83. The van der Waals surface area contributed by atoms with Gasteiger partial charge in [-0.25, -0.2) is 13.2 Å². The molecule has 3 amide bonds. The van der Waals surface area contributed by atoms with Gasteiger partial charge in [-0.3, -0.25) is 10.1 Å². The summed E-state index contributed by atoms with van der Waals surface area (Å²) in [6.07, 6.45) is 1.17. The van der Waals surface area contributed by atoms with Gasteiger partial charge in [-0.1, -0.05) is 42.5 Å². The van der Waals surface area contributed by atoms with Crippen molar-refractivity contribution >= 4 is 32.5 Å². The van der Waals surface area contributed by atoms with E-state index in [2.05, 4.69) is 10.6 Å². The van der Waals surface area contributed by atoms with Crippen LogP contribution < -0.4 is 15.4 Å². The third kappa shape index (κ3) is 3.31. The molecule has 2 fully saturated rings. The average Bonchev–Trinajstić information content (AvgIpc) is 3.35. The molecule has 2 unspecified atom stereocenters. The van der Waals surface area contributed by atoms with Gasteiger partial charge in [0.25, 0.3) is 5.91 Å². The Morgan fingerprint density at radius 3 is 2.47 bits per heavy atom. The zero-order valence-electron chi connectivity index (χ0n) is 17.2. The van der Waals surface area contributed by atoms with Crippen molar-refractivity contribution in [1.29, 1.82) is 0 Å². The Labute approximate surface area is 185 Å². The summed E-state index contributed by atoms with van der Waals surface area (Å²) in [6.45, 7) is 0.353. The van der Waals surface area contributed by atoms with E-state index in [9.17, 15) is 18.0 Å². The van der Waals surface area contributed by atoms with Crippen LogP contribution in [0.15, 0.2) is 71.6 Å². The van der Waals surface area contributed by atoms with Gasteiger partial charge >= 0.3 is 6.03 Å². The van der Waals surface area contributed by atoms with E-state index >= 15 is 0 Å². The number of amides is 3. The lowest BCUT2D eigenvalue weighted by Crippen LogP contribution is -2.55. The Kier molecular flexibility index (Phi) is 4.89. The van der Waals surface area contributed by atoms with Crippen LogP contribution in [0, 0.1) is 0 Å². The third-order valence-electron chi connectivity index (χ3n) is 6.36. The first-order chi connectivity index (χ1) is 15.4. The first kappa shape index (κ1) is 20.5. The number of carbonyl (C=O) groups is 2. The van der Waals surface area contributed by atoms with E-state index in [1.165, 1.54) is 12.1 Å². The Balaban J connectivity index is 1.35. The number of rotatable bonds is 5. The summed E-state index contributed by atoms with van der Waals surface area (Å²) in [6, 6.07) is 19.7. The van der Waals surface area contributed by atoms with E-state index in [0.717, 1.165) is 16.3 Å². The van der Waals surface area contributed by atoms with Gasteiger partial charge in [-0.05, 0) is 59.9 Å². The summed E-state index contributed by atoms with van der Waals surface area (Å²) in [4.78, 5) is 24.2. The van der Waals surface area contributed by atoms with Gasteiger partial charge in [-0.2, -0.15) is 0 Å². The fraction of sp³-hybridized carbons (Fsp3) is 0.250. The molecule has 1 spiro atoms. The van der Waals surface area contributed by atoms with Crippen molar-refractivity contribution in [3.63, 3.8) is 0 Å². The number of sulfone groups is 1. The molecule has 5 rings (SSSR count). The van der Waals surface area contributed by atoms with Gasteiger partial charge in [-0.15, -0.1) is 0 Å². The van der Waals surface area contributed by atoms with Crippen molar-refractivity contribution in [2.45, 2.75) is 41.6 Å². The van der Waals surface area contributed by atoms with Crippen molar-refractivity contribution < 1.29 is 22.7 Å². The molecular formula is C24H22N2O5S. The van der Waals surface area contributed by atoms with Crippen molar-refractivity contribution in [3.05, 3.63) is 72.3 Å². The highest BCUT2D eigenvalue weighted by atomic mass is 32.2. The van der Waals surface area contributed by atoms with E-state index in [0.29, 0.717) is 31.6 Å². The summed E-state index contributed by atoms with van der Waals surface area (Å²) in [5, 5.41) is 5.99. The van der Waals surface area contributed by atoms with E-state index in [-0.39, 0.29) is 4.90 Å². The molecule has 2 aliphatic rings. The molecular weight excluding hydrogens is 428 g/mol. The lowest BCUT2D eigenvalue weighted by molar-refractivity contribution is -0.123. The second kappa shape index (κ2) is 7.63. The number of carbonyl (C=O) groups excluding carboxylic acids is 2. The van der Waals surface area contributed by atoms with Gasteiger partial charge < -0.3 is 10.1 Å². The maximum atomic E-state index is 13.3. The maximum Gasteiger partial charge on any atom is 0.322 e. The number of urea groups is 1. The monoisotopic (exact) mass is 450 g/mol. The smallest absolute Gasteiger partial charge is 0.322 e. The molecule has 3 aromatic carbocycles. The minimum absolute atomic E-state index is 0.107. The Hall–Kier alpha value is -3.39. The minimum Gasteiger partial charge on any atom is -0.489 e. The highest BCUT2D eigenvalue weighted by Gasteiger charge is 2.59. The van der Waals surface area contributed by atoms with Crippen molar-refractivity contribution in [3.8, 4) is 5.75 Å². The molecule has 1 heterocycles. The van der Waals surface area contributed by atoms with Crippen LogP contribution in [0.1, 0.15) is 24.8 Å². The molecule has 32 heavy (non-hydrogen) atoms. The molecule has 1 saturated heterocycles. The molecule has 2 N–H and O–H groups in total. The zero-order valence-corrected chi connectivity index (χ0v) is 18.0. The van der Waals surface area contributed by atoms with Crippen LogP contribution in [0.3, 0.4) is 0 Å². The second-order valence-electron chi connectivity index (χ2n) is 8.20. The maximum absolute atomic E-state index is 13.3. The lowest BCUT2D eigenvalue weighted by Gasteiger charge is -2.27. The third-order valence-corrected chi connectivity index (χ3v) is 8.67. The van der Waals surface area contributed by atoms with E-state index < -0.39 is 32.6 Å². The number of fused-ring (bicyclic) bond motifs is 1. The molecule has 2 atom stereocenters. The molecule has 0 radical (unpaired) electrons. The molecule has 0 bridgehead atoms. The number of nitrogens with one attached hydrogen (secondary N) is 2. The number of hydrogen-bond acceptors (Lipinski definition) is 5. The number of benzene rings is 3. The molecule has 8 heteroatoms. The Morgan fingerprint density at radius 1 is 0.969 bits per heavy atom. The molecule has 1 saturated carbocycles. The minimum atomic E-state index is -3.83. The lowest BCUT2D eigenvalue weighted by atomic mass is 9.98. The SMILES string of the molecule is O=C1NC(=O)C2(CCCC2S(=O)(=O)c2ccc(OCc3cccc4ccccc34)cc2)N1. The fourth-order valence-electron chi connectivity index (χ4n) is 4.77. The highest BCUT2D eigenvalue weighted by Crippen LogP contribution is 2.40. The summed E-state index contributed by atoms with van der Waals surface area (Å²) in [5.74, 6) is -0.0199. The quantitative estimate of drug-likeness (QED) is 0.581. The molecule has 3 aromatic rings. The standard InChI is InChI=1S/C24H22N2O5S/c27-22-24(26-23(28)25-22)14-4-9-21(24)32(29,30)19-12-10-18(11-13-19)31-15-17-7-3-6-16-5-1-2-8-20(16)17/h1-3,5-8,10-13,21H,4,9,14-15H2,(H2,25,26,27,28). The second-order valence-corrected chi connectivity index (χ2v) is 10.3. The topological polar surface area (TPSA) is 102 Å². The average molecular weight is 451 g/mol. The molecule has 0 aromatic heterocycles. The summed E-state index contributed by atoms with van der Waals surface area (Å²) < 4.78 is 32.5. The van der Waals surface area contributed by atoms with Crippen LogP contribution in [0.2, 0.25) is 0 Å². The van der Waals surface area contributed by atoms with Crippen molar-refractivity contribution in [2.24, 2.45) is 0 Å². The fourth-order valence-corrected chi connectivity index (χ4v) is 6.91. The number of hydrogen-bond donors (Lipinski definition) is 2. The van der Waals surface area contributed by atoms with Crippen LogP contribution in [-0.2, 0) is 21.2 Å². The molecule has 7 nitrogen and oxygen atoms in total. The number of ether oxygens (including phenoxy) is 1. The van der Waals surface area contributed by atoms with Gasteiger partial charge in [0.2, 0.25) is 0 Å². The van der Waals surface area contributed by atoms with Gasteiger partial charge in [0.15, 0.2) is 9.84 Å². The Bertz CT molecular complexity index is 1310. The van der Waals surface area contributed by atoms with Crippen molar-refractivity contribution in [2.75, 3.05) is 0 Å². The predicted molar refractivity (Wildman–Crippen MR) is 119 cm³/mol. The molecule has 164 valence electrons. The molecule has 1 aliphatic carbocycles. The highest BCUT2D eigenvalue weighted by molar-refractivity contribution is 7.92. The Morgan fingerprint density at radius 2 is 1.72 bits per heavy atom. The predicted octanol–water partition coefficient (Wildman–Crippen LogP) is 3.32. The van der Waals surface area contributed by atoms with Crippen LogP contribution in [0.5, 0.6) is 5.75 Å². The first-order valence-corrected chi connectivity index (χ1v) is 12.0. The van der Waals surface area contributed by atoms with Gasteiger partial charge in [0.1, 0.15) is 17.9 Å². The van der Waals surface area contributed by atoms with Crippen LogP contribution in [-0.4, -0.2) is 31.1 Å². The van der Waals surface area contributed by atoms with Crippen LogP contribution in [0.4, 0.5) is 4.79 Å². The largest absolute Gasteiger partial charge is 0.489 e. The summed E-state index contributed by atoms with van der Waals surface area (Å²) in [5.41, 5.74) is -0.352. The van der Waals surface area contributed by atoms with Crippen LogP contribution in [0.25, 0.3) is 10.8 Å². The van der Waals surface area contributed by atoms with E-state index in [1.54, 1.807) is 12.1 Å². The first-order valence-electron chi connectivity index (χ1n) is 10.5. The summed E-state index contributed by atoms with van der Waals surface area (Å²) >= 11 is 0. The van der Waals surface area contributed by atoms with E-state index in [4.69, 9.17) is 4.74 Å². The normalized spacial score (nSPS) is 22.8. The van der Waals surface area contributed by atoms with Crippen molar-refractivity contribution in [1.82, 2.24) is 10.6 Å². The van der Waals surface area contributed by atoms with E-state index in [1.807, 2.05) is 42.5 Å². The zero-order chi connectivity index (χ0) is 22.3. The number of imide groups is 1. The van der Waals surface area contributed by atoms with Gasteiger partial charge in [0.05, 0.1) is 10.1 Å². The van der Waals surface area contributed by atoms with Crippen LogP contribution >= 0.6 is 0 Å².